The Morgan fingerprint density at radius 2 is 1.89 bits per heavy atom. The summed E-state index contributed by atoms with van der Waals surface area (Å²) in [6.45, 7) is 2.56. The van der Waals surface area contributed by atoms with E-state index in [2.05, 4.69) is 64.5 Å². The van der Waals surface area contributed by atoms with Gasteiger partial charge in [-0.05, 0) is 53.3 Å². The van der Waals surface area contributed by atoms with Gasteiger partial charge in [-0.15, -0.1) is 0 Å². The van der Waals surface area contributed by atoms with Crippen molar-refractivity contribution in [3.05, 3.63) is 58.0 Å². The van der Waals surface area contributed by atoms with Crippen LogP contribution in [0.5, 0.6) is 0 Å². The van der Waals surface area contributed by atoms with Gasteiger partial charge in [0.25, 0.3) is 0 Å². The Hall–Kier alpha value is -1.10. The summed E-state index contributed by atoms with van der Waals surface area (Å²) >= 11 is 3.30. The molecular formula is C15H19BrN2O. The SMILES string of the molecule is CN(C)Cc1cccc(CNCc2ccc(Br)o2)c1. The Labute approximate surface area is 122 Å². The van der Waals surface area contributed by atoms with Crippen LogP contribution in [0.4, 0.5) is 0 Å². The molecular weight excluding hydrogens is 304 g/mol. The van der Waals surface area contributed by atoms with E-state index >= 15 is 0 Å². The summed E-state index contributed by atoms with van der Waals surface area (Å²) in [4.78, 5) is 2.17. The molecule has 0 fully saturated rings. The highest BCUT2D eigenvalue weighted by Gasteiger charge is 2.00. The van der Waals surface area contributed by atoms with E-state index in [0.29, 0.717) is 0 Å². The number of rotatable bonds is 6. The van der Waals surface area contributed by atoms with Crippen molar-refractivity contribution in [2.45, 2.75) is 19.6 Å². The molecule has 0 bridgehead atoms. The topological polar surface area (TPSA) is 28.4 Å². The minimum atomic E-state index is 0.740. The predicted octanol–water partition coefficient (Wildman–Crippen LogP) is 3.39. The van der Waals surface area contributed by atoms with Crippen LogP contribution >= 0.6 is 15.9 Å². The molecule has 2 rings (SSSR count). The van der Waals surface area contributed by atoms with Crippen molar-refractivity contribution >= 4 is 15.9 Å². The number of nitrogens with zero attached hydrogens (tertiary/aromatic N) is 1. The van der Waals surface area contributed by atoms with Crippen molar-refractivity contribution in [2.24, 2.45) is 0 Å². The van der Waals surface area contributed by atoms with Gasteiger partial charge in [0.1, 0.15) is 5.76 Å². The van der Waals surface area contributed by atoms with E-state index in [1.54, 1.807) is 0 Å². The van der Waals surface area contributed by atoms with Gasteiger partial charge in [-0.3, -0.25) is 0 Å². The van der Waals surface area contributed by atoms with E-state index < -0.39 is 0 Å². The van der Waals surface area contributed by atoms with Crippen LogP contribution in [0, 0.1) is 0 Å². The van der Waals surface area contributed by atoms with Gasteiger partial charge < -0.3 is 14.6 Å². The minimum absolute atomic E-state index is 0.740. The number of furan rings is 1. The fraction of sp³-hybridized carbons (Fsp3) is 0.333. The second kappa shape index (κ2) is 6.89. The second-order valence-corrected chi connectivity index (χ2v) is 5.65. The summed E-state index contributed by atoms with van der Waals surface area (Å²) in [6.07, 6.45) is 0. The van der Waals surface area contributed by atoms with Gasteiger partial charge in [0.2, 0.25) is 0 Å². The summed E-state index contributed by atoms with van der Waals surface area (Å²) < 4.78 is 6.22. The zero-order valence-electron chi connectivity index (χ0n) is 11.3. The lowest BCUT2D eigenvalue weighted by atomic mass is 10.1. The van der Waals surface area contributed by atoms with Crippen molar-refractivity contribution in [3.8, 4) is 0 Å². The molecule has 1 aromatic carbocycles. The summed E-state index contributed by atoms with van der Waals surface area (Å²) in [6, 6.07) is 12.5. The minimum Gasteiger partial charge on any atom is -0.453 e. The molecule has 1 heterocycles. The third kappa shape index (κ3) is 4.82. The van der Waals surface area contributed by atoms with Crippen LogP contribution in [0.15, 0.2) is 45.5 Å². The number of hydrogen-bond acceptors (Lipinski definition) is 3. The van der Waals surface area contributed by atoms with Gasteiger partial charge in [0.15, 0.2) is 4.67 Å². The van der Waals surface area contributed by atoms with Crippen molar-refractivity contribution in [2.75, 3.05) is 14.1 Å². The number of halogens is 1. The fourth-order valence-electron chi connectivity index (χ4n) is 1.98. The zero-order valence-corrected chi connectivity index (χ0v) is 12.9. The number of benzene rings is 1. The first-order valence-corrected chi connectivity index (χ1v) is 7.10. The molecule has 0 aliphatic heterocycles. The Balaban J connectivity index is 1.85. The van der Waals surface area contributed by atoms with Crippen molar-refractivity contribution in [3.63, 3.8) is 0 Å². The van der Waals surface area contributed by atoms with Gasteiger partial charge >= 0.3 is 0 Å². The first-order valence-electron chi connectivity index (χ1n) is 6.31. The first-order chi connectivity index (χ1) is 9.13. The van der Waals surface area contributed by atoms with Crippen LogP contribution in [0.3, 0.4) is 0 Å². The maximum atomic E-state index is 5.45. The van der Waals surface area contributed by atoms with Crippen LogP contribution in [0.1, 0.15) is 16.9 Å². The highest BCUT2D eigenvalue weighted by molar-refractivity contribution is 9.10. The van der Waals surface area contributed by atoms with Gasteiger partial charge in [-0.25, -0.2) is 0 Å². The molecule has 19 heavy (non-hydrogen) atoms. The lowest BCUT2D eigenvalue weighted by Crippen LogP contribution is -2.13. The Kier molecular flexibility index (Phi) is 5.19. The molecule has 4 heteroatoms. The maximum absolute atomic E-state index is 5.45. The second-order valence-electron chi connectivity index (χ2n) is 4.87. The van der Waals surface area contributed by atoms with E-state index in [-0.39, 0.29) is 0 Å². The van der Waals surface area contributed by atoms with Gasteiger partial charge in [0, 0.05) is 13.1 Å². The summed E-state index contributed by atoms with van der Waals surface area (Å²) in [5.41, 5.74) is 2.63. The van der Waals surface area contributed by atoms with Crippen molar-refractivity contribution in [1.29, 1.82) is 0 Å². The molecule has 3 nitrogen and oxygen atoms in total. The van der Waals surface area contributed by atoms with Crippen molar-refractivity contribution in [1.82, 2.24) is 10.2 Å². The molecule has 0 aliphatic rings. The fourth-order valence-corrected chi connectivity index (χ4v) is 2.32. The average molecular weight is 323 g/mol. The molecule has 0 unspecified atom stereocenters. The van der Waals surface area contributed by atoms with E-state index in [0.717, 1.165) is 30.1 Å². The first kappa shape index (κ1) is 14.3. The average Bonchev–Trinajstić information content (AvgIpc) is 2.75. The van der Waals surface area contributed by atoms with E-state index in [4.69, 9.17) is 4.42 Å². The Morgan fingerprint density at radius 1 is 1.11 bits per heavy atom. The Bertz CT molecular complexity index is 522. The van der Waals surface area contributed by atoms with Crippen LogP contribution in [-0.2, 0) is 19.6 Å². The molecule has 1 N–H and O–H groups in total. The smallest absolute Gasteiger partial charge is 0.169 e. The zero-order chi connectivity index (χ0) is 13.7. The van der Waals surface area contributed by atoms with Crippen LogP contribution in [0.2, 0.25) is 0 Å². The summed E-state index contributed by atoms with van der Waals surface area (Å²) in [5.74, 6) is 0.941. The summed E-state index contributed by atoms with van der Waals surface area (Å²) in [5, 5.41) is 3.38. The van der Waals surface area contributed by atoms with E-state index in [1.807, 2.05) is 12.1 Å². The molecule has 0 saturated heterocycles. The lowest BCUT2D eigenvalue weighted by Gasteiger charge is -2.11. The molecule has 0 aliphatic carbocycles. The van der Waals surface area contributed by atoms with Crippen LogP contribution in [0.25, 0.3) is 0 Å². The summed E-state index contributed by atoms with van der Waals surface area (Å²) in [7, 11) is 4.17. The van der Waals surface area contributed by atoms with Crippen LogP contribution in [-0.4, -0.2) is 19.0 Å². The molecule has 0 radical (unpaired) electrons. The highest BCUT2D eigenvalue weighted by Crippen LogP contribution is 2.14. The lowest BCUT2D eigenvalue weighted by molar-refractivity contribution is 0.402. The standard InChI is InChI=1S/C15H19BrN2O/c1-18(2)11-13-5-3-4-12(8-13)9-17-10-14-6-7-15(16)19-14/h3-8,17H,9-11H2,1-2H3. The third-order valence-corrected chi connectivity index (χ3v) is 3.17. The van der Waals surface area contributed by atoms with E-state index in [9.17, 15) is 0 Å². The normalized spacial score (nSPS) is 11.2. The largest absolute Gasteiger partial charge is 0.453 e. The monoisotopic (exact) mass is 322 g/mol. The van der Waals surface area contributed by atoms with Crippen LogP contribution < -0.4 is 5.32 Å². The molecule has 2 aromatic rings. The van der Waals surface area contributed by atoms with Crippen molar-refractivity contribution < 1.29 is 4.42 Å². The molecule has 0 amide bonds. The predicted molar refractivity (Wildman–Crippen MR) is 80.8 cm³/mol. The molecule has 0 saturated carbocycles. The quantitative estimate of drug-likeness (QED) is 0.883. The third-order valence-electron chi connectivity index (χ3n) is 2.75. The van der Waals surface area contributed by atoms with Gasteiger partial charge in [-0.1, -0.05) is 24.3 Å². The van der Waals surface area contributed by atoms with Gasteiger partial charge in [0.05, 0.1) is 6.54 Å². The van der Waals surface area contributed by atoms with E-state index in [1.165, 1.54) is 11.1 Å². The highest BCUT2D eigenvalue weighted by atomic mass is 79.9. The molecule has 1 aromatic heterocycles. The van der Waals surface area contributed by atoms with Gasteiger partial charge in [-0.2, -0.15) is 0 Å². The maximum Gasteiger partial charge on any atom is 0.169 e. The number of hydrogen-bond donors (Lipinski definition) is 1. The molecule has 0 atom stereocenters. The number of nitrogens with one attached hydrogen (secondary N) is 1. The molecule has 102 valence electrons. The molecule has 0 spiro atoms. The Morgan fingerprint density at radius 3 is 2.58 bits per heavy atom.